The van der Waals surface area contributed by atoms with E-state index in [2.05, 4.69) is 165 Å². The molecular formula is C72H117NO8. The van der Waals surface area contributed by atoms with Crippen molar-refractivity contribution in [3.8, 4) is 0 Å². The molecule has 1 heterocycles. The van der Waals surface area contributed by atoms with Gasteiger partial charge in [-0.15, -0.1) is 0 Å². The van der Waals surface area contributed by atoms with E-state index in [0.717, 1.165) is 128 Å². The van der Waals surface area contributed by atoms with E-state index in [4.69, 9.17) is 9.47 Å². The van der Waals surface area contributed by atoms with E-state index in [1.807, 2.05) is 6.08 Å². The Labute approximate surface area is 495 Å². The number of hydrogen-bond acceptors (Lipinski definition) is 8. The number of amides is 1. The first kappa shape index (κ1) is 74.8. The zero-order valence-corrected chi connectivity index (χ0v) is 51.0. The minimum atomic E-state index is -1.59. The summed E-state index contributed by atoms with van der Waals surface area (Å²) in [4.78, 5) is 13.1. The summed E-state index contributed by atoms with van der Waals surface area (Å²) in [5.41, 5.74) is 0. The molecule has 9 nitrogen and oxygen atoms in total. The van der Waals surface area contributed by atoms with Gasteiger partial charge in [0, 0.05) is 6.42 Å². The van der Waals surface area contributed by atoms with Crippen LogP contribution in [0.2, 0.25) is 0 Å². The molecule has 9 heteroatoms. The predicted molar refractivity (Wildman–Crippen MR) is 345 cm³/mol. The first-order valence-corrected chi connectivity index (χ1v) is 32.2. The maximum Gasteiger partial charge on any atom is 0.220 e. The normalized spacial score (nSPS) is 19.5. The van der Waals surface area contributed by atoms with Crippen molar-refractivity contribution in [2.75, 3.05) is 13.2 Å². The fourth-order valence-electron chi connectivity index (χ4n) is 9.04. The van der Waals surface area contributed by atoms with Crippen molar-refractivity contribution in [3.05, 3.63) is 158 Å². The molecule has 0 spiro atoms. The summed E-state index contributed by atoms with van der Waals surface area (Å²) in [7, 11) is 0. The van der Waals surface area contributed by atoms with Gasteiger partial charge >= 0.3 is 0 Å². The summed E-state index contributed by atoms with van der Waals surface area (Å²) < 4.78 is 11.3. The Kier molecular flexibility index (Phi) is 54.5. The zero-order valence-electron chi connectivity index (χ0n) is 51.0. The van der Waals surface area contributed by atoms with Crippen molar-refractivity contribution in [2.45, 2.75) is 275 Å². The van der Waals surface area contributed by atoms with Gasteiger partial charge in [-0.1, -0.05) is 262 Å². The van der Waals surface area contributed by atoms with Crippen molar-refractivity contribution >= 4 is 5.91 Å². The monoisotopic (exact) mass is 1120 g/mol. The van der Waals surface area contributed by atoms with Gasteiger partial charge in [-0.05, 0) is 122 Å². The molecule has 81 heavy (non-hydrogen) atoms. The van der Waals surface area contributed by atoms with Gasteiger partial charge in [0.15, 0.2) is 6.29 Å². The SMILES string of the molecule is CC/C=C\C/C=C\C/C=C\C/C=C\C/C=C\C/C=C\C/C=C\C/C=C\C/C=C\C/C=C\CCCCCCCCCCC(=O)NC(COC1OC(CO)C(O)C(O)C1O)C(O)/C=C/CC/C=C/CC/C=C/CCCCCCCCCCC. The largest absolute Gasteiger partial charge is 0.394 e. The lowest BCUT2D eigenvalue weighted by Gasteiger charge is -2.40. The maximum atomic E-state index is 13.1. The molecule has 1 amide bonds. The van der Waals surface area contributed by atoms with Crippen LogP contribution in [-0.4, -0.2) is 87.5 Å². The van der Waals surface area contributed by atoms with Crippen LogP contribution in [0.1, 0.15) is 232 Å². The molecule has 0 bridgehead atoms. The van der Waals surface area contributed by atoms with Crippen LogP contribution in [0.5, 0.6) is 0 Å². The van der Waals surface area contributed by atoms with E-state index in [-0.39, 0.29) is 12.5 Å². The fourth-order valence-corrected chi connectivity index (χ4v) is 9.04. The molecule has 0 saturated carbocycles. The number of unbranched alkanes of at least 4 members (excludes halogenated alkanes) is 19. The van der Waals surface area contributed by atoms with Crippen molar-refractivity contribution in [1.82, 2.24) is 5.32 Å². The molecular weight excluding hydrogens is 1010 g/mol. The zero-order chi connectivity index (χ0) is 58.6. The highest BCUT2D eigenvalue weighted by Crippen LogP contribution is 2.23. The molecule has 1 aliphatic rings. The second-order valence-electron chi connectivity index (χ2n) is 21.4. The van der Waals surface area contributed by atoms with Crippen LogP contribution in [0, 0.1) is 0 Å². The second-order valence-corrected chi connectivity index (χ2v) is 21.4. The van der Waals surface area contributed by atoms with Gasteiger partial charge in [-0.2, -0.15) is 0 Å². The quantitative estimate of drug-likeness (QED) is 0.0261. The first-order valence-electron chi connectivity index (χ1n) is 32.2. The van der Waals surface area contributed by atoms with Crippen molar-refractivity contribution in [3.63, 3.8) is 0 Å². The van der Waals surface area contributed by atoms with Gasteiger partial charge in [0.25, 0.3) is 0 Å². The molecule has 1 aliphatic heterocycles. The summed E-state index contributed by atoms with van der Waals surface area (Å²) in [6.45, 7) is 3.63. The number of aliphatic hydroxyl groups is 5. The fraction of sp³-hybridized carbons (Fsp3) is 0.625. The van der Waals surface area contributed by atoms with Crippen LogP contribution >= 0.6 is 0 Å². The first-order chi connectivity index (χ1) is 39.8. The summed E-state index contributed by atoms with van der Waals surface area (Å²) in [6, 6.07) is -0.845. The molecule has 6 N–H and O–H groups in total. The highest BCUT2D eigenvalue weighted by Gasteiger charge is 2.44. The third kappa shape index (κ3) is 47.9. The van der Waals surface area contributed by atoms with Crippen molar-refractivity contribution in [2.24, 2.45) is 0 Å². The summed E-state index contributed by atoms with van der Waals surface area (Å²) in [6.07, 6.45) is 86.0. The summed E-state index contributed by atoms with van der Waals surface area (Å²) >= 11 is 0. The molecule has 0 aliphatic carbocycles. The Bertz CT molecular complexity index is 1830. The Morgan fingerprint density at radius 3 is 1.19 bits per heavy atom. The third-order valence-corrected chi connectivity index (χ3v) is 14.1. The van der Waals surface area contributed by atoms with Crippen LogP contribution in [0.25, 0.3) is 0 Å². The predicted octanol–water partition coefficient (Wildman–Crippen LogP) is 17.2. The Morgan fingerprint density at radius 1 is 0.432 bits per heavy atom. The van der Waals surface area contributed by atoms with Crippen molar-refractivity contribution < 1.29 is 39.8 Å². The van der Waals surface area contributed by atoms with Crippen molar-refractivity contribution in [1.29, 1.82) is 0 Å². The average molecular weight is 1120 g/mol. The number of carbonyl (C=O) groups excluding carboxylic acids is 1. The van der Waals surface area contributed by atoms with Gasteiger partial charge < -0.3 is 40.3 Å². The highest BCUT2D eigenvalue weighted by molar-refractivity contribution is 5.76. The minimum absolute atomic E-state index is 0.206. The van der Waals surface area contributed by atoms with Crippen LogP contribution in [0.15, 0.2) is 158 Å². The van der Waals surface area contributed by atoms with Gasteiger partial charge in [-0.3, -0.25) is 4.79 Å². The lowest BCUT2D eigenvalue weighted by molar-refractivity contribution is -0.302. The number of rotatable bonds is 53. The average Bonchev–Trinajstić information content (AvgIpc) is 3.48. The van der Waals surface area contributed by atoms with Gasteiger partial charge in [0.2, 0.25) is 5.91 Å². The van der Waals surface area contributed by atoms with E-state index >= 15 is 0 Å². The number of hydrogen-bond donors (Lipinski definition) is 6. The molecule has 0 aromatic heterocycles. The second kappa shape index (κ2) is 59.0. The van der Waals surface area contributed by atoms with Crippen LogP contribution in [0.4, 0.5) is 0 Å². The highest BCUT2D eigenvalue weighted by atomic mass is 16.7. The molecule has 1 saturated heterocycles. The summed E-state index contributed by atoms with van der Waals surface area (Å²) in [5.74, 6) is -0.206. The number of nitrogens with one attached hydrogen (secondary N) is 1. The smallest absolute Gasteiger partial charge is 0.220 e. The molecule has 458 valence electrons. The number of allylic oxidation sites excluding steroid dienone is 25. The van der Waals surface area contributed by atoms with E-state index in [9.17, 15) is 30.3 Å². The van der Waals surface area contributed by atoms with E-state index in [1.165, 1.54) is 83.5 Å². The standard InChI is InChI=1S/C72H117NO8/c1-3-5-7-9-11-13-15-17-19-21-23-24-25-26-27-28-29-30-31-32-33-34-35-36-37-38-39-40-41-42-44-46-48-50-52-54-56-58-60-62-68(76)73-65(64-80-72-71(79)70(78)69(77)67(63-74)81-72)66(75)61-59-57-55-53-51-49-47-45-43-22-20-18-16-14-12-10-8-6-4-2/h5,7,11,13,17,19,23-24,26-27,29-30,32-33,35-36,38-39,41-43,45,51,53,59,61,65-67,69-72,74-75,77-79H,3-4,6,8-10,12,14-16,18,20-22,25,28,31,34,37,40,44,46-50,52,54-58,60,62-64H2,1-2H3,(H,73,76)/b7-5-,13-11-,19-17-,24-23-,27-26-,30-29-,33-32-,36-35-,39-38-,42-41-,45-43+,53-51+,61-59+. The lowest BCUT2D eigenvalue weighted by Crippen LogP contribution is -2.60. The molecule has 7 atom stereocenters. The number of carbonyl (C=O) groups is 1. The Hall–Kier alpha value is -4.19. The summed E-state index contributed by atoms with van der Waals surface area (Å²) in [5, 5.41) is 54.6. The van der Waals surface area contributed by atoms with Gasteiger partial charge in [-0.25, -0.2) is 0 Å². The molecule has 0 aromatic rings. The van der Waals surface area contributed by atoms with E-state index < -0.39 is 49.5 Å². The van der Waals surface area contributed by atoms with Crippen LogP contribution < -0.4 is 5.32 Å². The molecule has 1 rings (SSSR count). The molecule has 0 radical (unpaired) electrons. The van der Waals surface area contributed by atoms with Crippen LogP contribution in [0.3, 0.4) is 0 Å². The van der Waals surface area contributed by atoms with E-state index in [1.54, 1.807) is 6.08 Å². The molecule has 0 aromatic carbocycles. The molecule has 7 unspecified atom stereocenters. The Morgan fingerprint density at radius 2 is 0.778 bits per heavy atom. The lowest BCUT2D eigenvalue weighted by atomic mass is 9.99. The van der Waals surface area contributed by atoms with Crippen LogP contribution in [-0.2, 0) is 14.3 Å². The maximum absolute atomic E-state index is 13.1. The van der Waals surface area contributed by atoms with Gasteiger partial charge in [0.05, 0.1) is 25.4 Å². The topological polar surface area (TPSA) is 149 Å². The van der Waals surface area contributed by atoms with E-state index in [0.29, 0.717) is 6.42 Å². The Balaban J connectivity index is 2.21. The number of aliphatic hydroxyl groups excluding tert-OH is 5. The molecule has 1 fully saturated rings. The number of ether oxygens (including phenoxy) is 2. The minimum Gasteiger partial charge on any atom is -0.394 e. The van der Waals surface area contributed by atoms with Gasteiger partial charge in [0.1, 0.15) is 24.4 Å². The third-order valence-electron chi connectivity index (χ3n) is 14.1.